The quantitative estimate of drug-likeness (QED) is 0.455. The Kier molecular flexibility index (Phi) is 6.78. The number of aromatic nitrogens is 1. The minimum atomic E-state index is -1.01. The number of nitrogens with zero attached hydrogens (tertiary/aromatic N) is 2. The fourth-order valence-electron chi connectivity index (χ4n) is 5.65. The molecule has 1 saturated carbocycles. The summed E-state index contributed by atoms with van der Waals surface area (Å²) < 4.78 is 7.81. The fraction of sp³-hybridized carbons (Fsp3) is 0.467. The third-order valence-electron chi connectivity index (χ3n) is 7.65. The van der Waals surface area contributed by atoms with Crippen LogP contribution < -0.4 is 10.1 Å². The molecule has 6 heteroatoms. The molecular weight excluding hydrogens is 450 g/mol. The second-order valence-corrected chi connectivity index (χ2v) is 10.8. The second kappa shape index (κ2) is 10.00. The van der Waals surface area contributed by atoms with Gasteiger partial charge in [-0.25, -0.2) is 0 Å². The molecule has 190 valence electrons. The molecule has 0 saturated heterocycles. The normalized spacial score (nSPS) is 20.9. The summed E-state index contributed by atoms with van der Waals surface area (Å²) in [5, 5.41) is 4.36. The maximum absolute atomic E-state index is 14.0. The van der Waals surface area contributed by atoms with E-state index in [9.17, 15) is 9.59 Å². The van der Waals surface area contributed by atoms with Crippen LogP contribution in [0.4, 0.5) is 0 Å². The highest BCUT2D eigenvalue weighted by Crippen LogP contribution is 2.34. The minimum Gasteiger partial charge on any atom is -0.491 e. The van der Waals surface area contributed by atoms with Crippen LogP contribution in [0.5, 0.6) is 5.75 Å². The average molecular weight is 488 g/mol. The zero-order chi connectivity index (χ0) is 25.3. The van der Waals surface area contributed by atoms with Crippen LogP contribution >= 0.6 is 0 Å². The molecule has 2 aromatic carbocycles. The van der Waals surface area contributed by atoms with E-state index in [4.69, 9.17) is 4.74 Å². The van der Waals surface area contributed by atoms with Crippen LogP contribution in [0.3, 0.4) is 0 Å². The number of nitrogens with one attached hydrogen (secondary N) is 1. The fourth-order valence-corrected chi connectivity index (χ4v) is 5.65. The van der Waals surface area contributed by atoms with Gasteiger partial charge in [0.05, 0.1) is 12.6 Å². The lowest BCUT2D eigenvalue weighted by Crippen LogP contribution is -2.64. The molecule has 1 fully saturated rings. The number of amides is 2. The van der Waals surface area contributed by atoms with Crippen molar-refractivity contribution in [1.29, 1.82) is 0 Å². The highest BCUT2D eigenvalue weighted by molar-refractivity contribution is 6.03. The number of ether oxygens (including phenoxy) is 1. The summed E-state index contributed by atoms with van der Waals surface area (Å²) in [5.41, 5.74) is 1.59. The topological polar surface area (TPSA) is 63.6 Å². The Morgan fingerprint density at radius 3 is 2.44 bits per heavy atom. The Morgan fingerprint density at radius 2 is 1.75 bits per heavy atom. The Morgan fingerprint density at radius 1 is 1.06 bits per heavy atom. The lowest BCUT2D eigenvalue weighted by molar-refractivity contribution is -0.134. The molecule has 2 aliphatic rings. The van der Waals surface area contributed by atoms with Crippen molar-refractivity contribution in [2.24, 2.45) is 0 Å². The molecule has 1 unspecified atom stereocenters. The molecule has 0 radical (unpaired) electrons. The van der Waals surface area contributed by atoms with E-state index in [1.807, 2.05) is 79.9 Å². The highest BCUT2D eigenvalue weighted by Gasteiger charge is 2.48. The lowest BCUT2D eigenvalue weighted by Gasteiger charge is -2.44. The Hall–Kier alpha value is -3.28. The summed E-state index contributed by atoms with van der Waals surface area (Å²) >= 11 is 0. The molecule has 5 rings (SSSR count). The molecule has 6 nitrogen and oxygen atoms in total. The summed E-state index contributed by atoms with van der Waals surface area (Å²) in [5.74, 6) is 0.622. The molecule has 1 atom stereocenters. The van der Waals surface area contributed by atoms with Gasteiger partial charge >= 0.3 is 0 Å². The van der Waals surface area contributed by atoms with Gasteiger partial charge in [0.2, 0.25) is 5.91 Å². The van der Waals surface area contributed by atoms with E-state index in [2.05, 4.69) is 5.32 Å². The molecule has 3 aromatic rings. The average Bonchev–Trinajstić information content (AvgIpc) is 3.02. The van der Waals surface area contributed by atoms with Crippen LogP contribution in [-0.4, -0.2) is 39.0 Å². The Labute approximate surface area is 213 Å². The van der Waals surface area contributed by atoms with Crippen LogP contribution in [0, 0.1) is 0 Å². The van der Waals surface area contributed by atoms with E-state index < -0.39 is 5.54 Å². The number of fused-ring (bicyclic) bond motifs is 3. The van der Waals surface area contributed by atoms with E-state index in [1.165, 1.54) is 12.8 Å². The first-order valence-corrected chi connectivity index (χ1v) is 13.3. The number of rotatable bonds is 6. The summed E-state index contributed by atoms with van der Waals surface area (Å²) in [7, 11) is 0. The van der Waals surface area contributed by atoms with Crippen molar-refractivity contribution in [3.8, 4) is 5.75 Å². The maximum atomic E-state index is 14.0. The van der Waals surface area contributed by atoms with Crippen molar-refractivity contribution in [1.82, 2.24) is 14.8 Å². The van der Waals surface area contributed by atoms with Gasteiger partial charge in [-0.15, -0.1) is 0 Å². The molecule has 0 bridgehead atoms. The molecule has 2 amide bonds. The van der Waals surface area contributed by atoms with Gasteiger partial charge in [0, 0.05) is 23.5 Å². The molecule has 1 N–H and O–H groups in total. The van der Waals surface area contributed by atoms with Gasteiger partial charge in [0.1, 0.15) is 17.0 Å². The molecular formula is C30H37N3O3. The monoisotopic (exact) mass is 487 g/mol. The summed E-state index contributed by atoms with van der Waals surface area (Å²) in [6.45, 7) is 6.70. The highest BCUT2D eigenvalue weighted by atomic mass is 16.5. The summed E-state index contributed by atoms with van der Waals surface area (Å²) in [6.07, 6.45) is 6.84. The van der Waals surface area contributed by atoms with Crippen molar-refractivity contribution in [3.63, 3.8) is 0 Å². The van der Waals surface area contributed by atoms with E-state index in [-0.39, 0.29) is 24.0 Å². The minimum absolute atomic E-state index is 0.0639. The van der Waals surface area contributed by atoms with Crippen LogP contribution in [0.2, 0.25) is 0 Å². The second-order valence-electron chi connectivity index (χ2n) is 10.8. The largest absolute Gasteiger partial charge is 0.491 e. The van der Waals surface area contributed by atoms with Crippen LogP contribution in [0.25, 0.3) is 10.9 Å². The van der Waals surface area contributed by atoms with E-state index in [0.29, 0.717) is 18.8 Å². The standard InChI is InChI=1S/C30H37N3O3/c1-21(2)36-25-16-14-22(15-17-25)19-33-28(34)27-18-23-10-8-9-13-26(23)32(27)20-30(33,3)29(35)31-24-11-6-4-5-7-12-24/h8-10,13-18,21,24H,4-7,11-12,19-20H2,1-3H3,(H,31,35). The molecule has 0 spiro atoms. The molecule has 36 heavy (non-hydrogen) atoms. The van der Waals surface area contributed by atoms with Gasteiger partial charge in [-0.05, 0) is 63.4 Å². The Bertz CT molecular complexity index is 1240. The number of carbonyl (C=O) groups excluding carboxylic acids is 2. The summed E-state index contributed by atoms with van der Waals surface area (Å²) in [4.78, 5) is 29.7. The molecule has 1 aromatic heterocycles. The smallest absolute Gasteiger partial charge is 0.271 e. The van der Waals surface area contributed by atoms with Crippen molar-refractivity contribution in [2.45, 2.75) is 90.1 Å². The van der Waals surface area contributed by atoms with E-state index in [1.54, 1.807) is 4.90 Å². The van der Waals surface area contributed by atoms with Gasteiger partial charge in [-0.3, -0.25) is 9.59 Å². The molecule has 1 aliphatic carbocycles. The third-order valence-corrected chi connectivity index (χ3v) is 7.65. The van der Waals surface area contributed by atoms with Crippen molar-refractivity contribution in [2.75, 3.05) is 0 Å². The number of carbonyl (C=O) groups is 2. The maximum Gasteiger partial charge on any atom is 0.271 e. The number of hydrogen-bond acceptors (Lipinski definition) is 3. The van der Waals surface area contributed by atoms with Crippen molar-refractivity contribution in [3.05, 3.63) is 65.9 Å². The van der Waals surface area contributed by atoms with E-state index in [0.717, 1.165) is 47.9 Å². The predicted molar refractivity (Wildman–Crippen MR) is 142 cm³/mol. The number of hydrogen-bond donors (Lipinski definition) is 1. The molecule has 2 heterocycles. The van der Waals surface area contributed by atoms with Crippen LogP contribution in [0.1, 0.15) is 75.3 Å². The third kappa shape index (κ3) is 4.73. The number of para-hydroxylation sites is 1. The SMILES string of the molecule is CC(C)Oc1ccc(CN2C(=O)c3cc4ccccc4n3CC2(C)C(=O)NC2CCCCCC2)cc1. The van der Waals surface area contributed by atoms with Gasteiger partial charge < -0.3 is 19.5 Å². The van der Waals surface area contributed by atoms with Crippen molar-refractivity contribution >= 4 is 22.7 Å². The van der Waals surface area contributed by atoms with E-state index >= 15 is 0 Å². The predicted octanol–water partition coefficient (Wildman–Crippen LogP) is 5.68. The molecule has 1 aliphatic heterocycles. The van der Waals surface area contributed by atoms with Crippen LogP contribution in [-0.2, 0) is 17.9 Å². The van der Waals surface area contributed by atoms with Gasteiger partial charge in [-0.1, -0.05) is 56.0 Å². The van der Waals surface area contributed by atoms with Gasteiger partial charge in [0.25, 0.3) is 5.91 Å². The van der Waals surface area contributed by atoms with Crippen LogP contribution in [0.15, 0.2) is 54.6 Å². The van der Waals surface area contributed by atoms with Gasteiger partial charge in [0.15, 0.2) is 0 Å². The first-order chi connectivity index (χ1) is 17.3. The number of benzene rings is 2. The van der Waals surface area contributed by atoms with Crippen molar-refractivity contribution < 1.29 is 14.3 Å². The van der Waals surface area contributed by atoms with Gasteiger partial charge in [-0.2, -0.15) is 0 Å². The summed E-state index contributed by atoms with van der Waals surface area (Å²) in [6, 6.07) is 18.0. The Balaban J connectivity index is 1.49. The zero-order valence-electron chi connectivity index (χ0n) is 21.6. The zero-order valence-corrected chi connectivity index (χ0v) is 21.6. The first-order valence-electron chi connectivity index (χ1n) is 13.3. The lowest BCUT2D eigenvalue weighted by atomic mass is 9.93. The first kappa shape index (κ1) is 24.4.